The smallest absolute Gasteiger partial charge is 0.241 e. The van der Waals surface area contributed by atoms with Crippen LogP contribution in [0.4, 0.5) is 17.1 Å². The molecule has 2 heterocycles. The van der Waals surface area contributed by atoms with E-state index in [0.29, 0.717) is 6.54 Å². The molecular formula is C13H19N5O. The summed E-state index contributed by atoms with van der Waals surface area (Å²) in [6.45, 7) is 1.44. The summed E-state index contributed by atoms with van der Waals surface area (Å²) in [5.41, 5.74) is 8.42. The maximum Gasteiger partial charge on any atom is 0.241 e. The van der Waals surface area contributed by atoms with Gasteiger partial charge in [-0.1, -0.05) is 0 Å². The fraction of sp³-hybridized carbons (Fsp3) is 0.462. The van der Waals surface area contributed by atoms with Gasteiger partial charge >= 0.3 is 0 Å². The topological polar surface area (TPSA) is 91.2 Å². The molecular weight excluding hydrogens is 242 g/mol. The number of anilines is 3. The van der Waals surface area contributed by atoms with Gasteiger partial charge in [0, 0.05) is 12.2 Å². The predicted octanol–water partition coefficient (Wildman–Crippen LogP) is 0.499. The number of amides is 1. The van der Waals surface area contributed by atoms with Crippen LogP contribution in [-0.4, -0.2) is 31.2 Å². The van der Waals surface area contributed by atoms with Gasteiger partial charge in [0.2, 0.25) is 5.91 Å². The molecule has 3 rings (SSSR count). The van der Waals surface area contributed by atoms with E-state index in [0.717, 1.165) is 36.4 Å². The first-order valence-electron chi connectivity index (χ1n) is 6.68. The average Bonchev–Trinajstić information content (AvgIpc) is 3.07. The number of fused-ring (bicyclic) bond motifs is 1. The zero-order chi connectivity index (χ0) is 13.2. The normalized spacial score (nSPS) is 24.5. The van der Waals surface area contributed by atoms with E-state index in [-0.39, 0.29) is 18.1 Å². The summed E-state index contributed by atoms with van der Waals surface area (Å²) in [6.07, 6.45) is 2.04. The highest BCUT2D eigenvalue weighted by atomic mass is 16.2. The van der Waals surface area contributed by atoms with Gasteiger partial charge < -0.3 is 27.0 Å². The van der Waals surface area contributed by atoms with Crippen molar-refractivity contribution < 1.29 is 4.79 Å². The molecule has 0 saturated carbocycles. The number of rotatable bonds is 3. The van der Waals surface area contributed by atoms with Crippen molar-refractivity contribution in [2.45, 2.75) is 25.0 Å². The summed E-state index contributed by atoms with van der Waals surface area (Å²) >= 11 is 0. The molecule has 1 amide bonds. The van der Waals surface area contributed by atoms with E-state index in [1.54, 1.807) is 0 Å². The van der Waals surface area contributed by atoms with Crippen LogP contribution in [0.2, 0.25) is 0 Å². The summed E-state index contributed by atoms with van der Waals surface area (Å²) in [7, 11) is 0. The molecule has 102 valence electrons. The molecule has 1 fully saturated rings. The van der Waals surface area contributed by atoms with Crippen molar-refractivity contribution in [2.24, 2.45) is 5.73 Å². The van der Waals surface area contributed by atoms with Gasteiger partial charge in [0.15, 0.2) is 0 Å². The lowest BCUT2D eigenvalue weighted by Crippen LogP contribution is -2.35. The predicted molar refractivity (Wildman–Crippen MR) is 76.2 cm³/mol. The maximum atomic E-state index is 12.0. The van der Waals surface area contributed by atoms with Crippen molar-refractivity contribution >= 4 is 23.0 Å². The second-order valence-corrected chi connectivity index (χ2v) is 4.98. The Kier molecular flexibility index (Phi) is 3.27. The van der Waals surface area contributed by atoms with Crippen LogP contribution in [0.25, 0.3) is 0 Å². The Morgan fingerprint density at radius 2 is 2.21 bits per heavy atom. The third-order valence-corrected chi connectivity index (χ3v) is 3.56. The van der Waals surface area contributed by atoms with Crippen molar-refractivity contribution in [3.63, 3.8) is 0 Å². The minimum atomic E-state index is -0.0591. The van der Waals surface area contributed by atoms with E-state index in [1.807, 2.05) is 18.2 Å². The molecule has 6 heteroatoms. The fourth-order valence-electron chi connectivity index (χ4n) is 2.53. The molecule has 1 aromatic rings. The Morgan fingerprint density at radius 3 is 2.95 bits per heavy atom. The van der Waals surface area contributed by atoms with Gasteiger partial charge in [-0.15, -0.1) is 0 Å². The molecule has 6 N–H and O–H groups in total. The van der Waals surface area contributed by atoms with Crippen LogP contribution < -0.4 is 27.0 Å². The molecule has 2 aliphatic rings. The lowest BCUT2D eigenvalue weighted by molar-refractivity contribution is -0.117. The minimum absolute atomic E-state index is 0.0405. The Morgan fingerprint density at radius 1 is 1.37 bits per heavy atom. The lowest BCUT2D eigenvalue weighted by atomic mass is 10.2. The molecule has 0 aliphatic carbocycles. The van der Waals surface area contributed by atoms with Crippen molar-refractivity contribution in [3.05, 3.63) is 18.2 Å². The second-order valence-electron chi connectivity index (χ2n) is 4.98. The Hall–Kier alpha value is -1.79. The standard InChI is InChI=1S/C13H19N5O/c14-7-12-17-9-4-3-8(6-11(9)18-12)16-13(19)10-2-1-5-15-10/h3-4,6,10,12,15,17-18H,1-2,5,7,14H2,(H,16,19). The molecule has 6 nitrogen and oxygen atoms in total. The van der Waals surface area contributed by atoms with Gasteiger partial charge in [-0.2, -0.15) is 0 Å². The van der Waals surface area contributed by atoms with Gasteiger partial charge in [0.25, 0.3) is 0 Å². The van der Waals surface area contributed by atoms with E-state index in [2.05, 4.69) is 21.3 Å². The number of benzene rings is 1. The molecule has 2 unspecified atom stereocenters. The van der Waals surface area contributed by atoms with Crippen molar-refractivity contribution in [1.29, 1.82) is 0 Å². The van der Waals surface area contributed by atoms with E-state index >= 15 is 0 Å². The summed E-state index contributed by atoms with van der Waals surface area (Å²) in [5, 5.41) is 12.7. The highest BCUT2D eigenvalue weighted by Gasteiger charge is 2.23. The number of carbonyl (C=O) groups excluding carboxylic acids is 1. The highest BCUT2D eigenvalue weighted by molar-refractivity contribution is 5.96. The molecule has 2 atom stereocenters. The number of nitrogens with one attached hydrogen (secondary N) is 4. The van der Waals surface area contributed by atoms with E-state index in [4.69, 9.17) is 5.73 Å². The van der Waals surface area contributed by atoms with Gasteiger partial charge in [0.1, 0.15) is 6.17 Å². The molecule has 0 bridgehead atoms. The Bertz CT molecular complexity index is 484. The Balaban J connectivity index is 1.68. The molecule has 1 aromatic carbocycles. The molecule has 0 aromatic heterocycles. The summed E-state index contributed by atoms with van der Waals surface area (Å²) in [6, 6.07) is 5.73. The maximum absolute atomic E-state index is 12.0. The summed E-state index contributed by atoms with van der Waals surface area (Å²) in [5.74, 6) is 0.0405. The zero-order valence-electron chi connectivity index (χ0n) is 10.7. The number of hydrogen-bond acceptors (Lipinski definition) is 5. The lowest BCUT2D eigenvalue weighted by Gasteiger charge is -2.11. The van der Waals surface area contributed by atoms with Crippen molar-refractivity contribution in [2.75, 3.05) is 29.0 Å². The van der Waals surface area contributed by atoms with Crippen molar-refractivity contribution in [1.82, 2.24) is 5.32 Å². The quantitative estimate of drug-likeness (QED) is 0.546. The number of carbonyl (C=O) groups is 1. The SMILES string of the molecule is NCC1Nc2ccc(NC(=O)C3CCCN3)cc2N1. The van der Waals surface area contributed by atoms with E-state index in [9.17, 15) is 4.79 Å². The molecule has 19 heavy (non-hydrogen) atoms. The van der Waals surface area contributed by atoms with Crippen LogP contribution >= 0.6 is 0 Å². The first-order valence-corrected chi connectivity index (χ1v) is 6.68. The van der Waals surface area contributed by atoms with E-state index in [1.165, 1.54) is 0 Å². The first kappa shape index (κ1) is 12.3. The molecule has 2 aliphatic heterocycles. The minimum Gasteiger partial charge on any atom is -0.363 e. The summed E-state index contributed by atoms with van der Waals surface area (Å²) < 4.78 is 0. The van der Waals surface area contributed by atoms with Gasteiger partial charge in [-0.05, 0) is 37.6 Å². The largest absolute Gasteiger partial charge is 0.363 e. The number of hydrogen-bond donors (Lipinski definition) is 5. The molecule has 0 radical (unpaired) electrons. The van der Waals surface area contributed by atoms with Gasteiger partial charge in [-0.25, -0.2) is 0 Å². The Labute approximate surface area is 112 Å². The zero-order valence-corrected chi connectivity index (χ0v) is 10.7. The third kappa shape index (κ3) is 2.50. The van der Waals surface area contributed by atoms with Crippen LogP contribution in [0, 0.1) is 0 Å². The van der Waals surface area contributed by atoms with Crippen LogP contribution in [0.5, 0.6) is 0 Å². The number of nitrogens with two attached hydrogens (primary N) is 1. The third-order valence-electron chi connectivity index (χ3n) is 3.56. The average molecular weight is 261 g/mol. The second kappa shape index (κ2) is 5.07. The van der Waals surface area contributed by atoms with Crippen LogP contribution in [0.1, 0.15) is 12.8 Å². The monoisotopic (exact) mass is 261 g/mol. The van der Waals surface area contributed by atoms with Crippen LogP contribution in [-0.2, 0) is 4.79 Å². The molecule has 1 saturated heterocycles. The van der Waals surface area contributed by atoms with Crippen molar-refractivity contribution in [3.8, 4) is 0 Å². The van der Waals surface area contributed by atoms with Gasteiger partial charge in [-0.3, -0.25) is 4.79 Å². The van der Waals surface area contributed by atoms with Crippen LogP contribution in [0.15, 0.2) is 18.2 Å². The fourth-order valence-corrected chi connectivity index (χ4v) is 2.53. The van der Waals surface area contributed by atoms with Crippen LogP contribution in [0.3, 0.4) is 0 Å². The molecule has 0 spiro atoms. The summed E-state index contributed by atoms with van der Waals surface area (Å²) in [4.78, 5) is 12.0. The van der Waals surface area contributed by atoms with Gasteiger partial charge in [0.05, 0.1) is 17.4 Å². The first-order chi connectivity index (χ1) is 9.26. The highest BCUT2D eigenvalue weighted by Crippen LogP contribution is 2.31. The van der Waals surface area contributed by atoms with E-state index < -0.39 is 0 Å².